The van der Waals surface area contributed by atoms with Crippen LogP contribution in [0, 0.1) is 5.82 Å². The van der Waals surface area contributed by atoms with E-state index in [0.29, 0.717) is 22.7 Å². The predicted octanol–water partition coefficient (Wildman–Crippen LogP) is 3.95. The van der Waals surface area contributed by atoms with Crippen LogP contribution in [0.4, 0.5) is 14.9 Å². The molecule has 7 nitrogen and oxygen atoms in total. The van der Waals surface area contributed by atoms with Gasteiger partial charge in [0, 0.05) is 22.3 Å². The molecule has 0 saturated heterocycles. The van der Waals surface area contributed by atoms with Crippen LogP contribution in [-0.2, 0) is 4.74 Å². The van der Waals surface area contributed by atoms with Crippen LogP contribution in [0.1, 0.15) is 29.6 Å². The van der Waals surface area contributed by atoms with E-state index in [2.05, 4.69) is 25.7 Å². The molecular formula is C21H22ClFN4O3. The summed E-state index contributed by atoms with van der Waals surface area (Å²) in [6.07, 6.45) is 1.61. The van der Waals surface area contributed by atoms with Crippen molar-refractivity contribution in [3.05, 3.63) is 64.9 Å². The number of ether oxygens (including phenoxy) is 1. The first kappa shape index (κ1) is 21.6. The Morgan fingerprint density at radius 3 is 2.47 bits per heavy atom. The number of guanidine groups is 1. The Bertz CT molecular complexity index is 919. The number of carbonyl (C=O) groups is 2. The SMILES string of the molecule is COC(=O)NC1CCC(N=C(NC(=O)c2ccc(Cl)cc2)Nc2ccc(F)cc2)C1. The van der Waals surface area contributed by atoms with Gasteiger partial charge >= 0.3 is 6.09 Å². The second kappa shape index (κ2) is 10.1. The van der Waals surface area contributed by atoms with Crippen molar-refractivity contribution in [3.63, 3.8) is 0 Å². The number of anilines is 1. The average molecular weight is 433 g/mol. The van der Waals surface area contributed by atoms with Gasteiger partial charge in [0.1, 0.15) is 5.82 Å². The van der Waals surface area contributed by atoms with E-state index in [1.165, 1.54) is 19.2 Å². The molecule has 1 saturated carbocycles. The summed E-state index contributed by atoms with van der Waals surface area (Å²) >= 11 is 5.88. The van der Waals surface area contributed by atoms with Gasteiger partial charge in [0.05, 0.1) is 13.2 Å². The molecule has 0 radical (unpaired) electrons. The molecule has 2 aromatic carbocycles. The third kappa shape index (κ3) is 6.18. The summed E-state index contributed by atoms with van der Waals surface area (Å²) in [5.74, 6) is -0.482. The summed E-state index contributed by atoms with van der Waals surface area (Å²) in [6.45, 7) is 0. The smallest absolute Gasteiger partial charge is 0.407 e. The standard InChI is InChI=1S/C21H22ClFN4O3/c1-30-21(29)26-18-11-10-17(12-18)25-20(24-16-8-6-15(23)7-9-16)27-19(28)13-2-4-14(22)5-3-13/h2-9,17-18H,10-12H2,1H3,(H,26,29)(H2,24,25,27,28). The molecule has 1 aliphatic carbocycles. The van der Waals surface area contributed by atoms with Crippen molar-refractivity contribution in [3.8, 4) is 0 Å². The quantitative estimate of drug-likeness (QED) is 0.503. The Morgan fingerprint density at radius 1 is 1.10 bits per heavy atom. The number of halogens is 2. The predicted molar refractivity (Wildman–Crippen MR) is 113 cm³/mol. The molecule has 0 aromatic heterocycles. The second-order valence-corrected chi connectivity index (χ2v) is 7.31. The van der Waals surface area contributed by atoms with E-state index in [0.717, 1.165) is 12.8 Å². The van der Waals surface area contributed by atoms with Gasteiger partial charge in [0.2, 0.25) is 5.96 Å². The van der Waals surface area contributed by atoms with E-state index in [9.17, 15) is 14.0 Å². The molecule has 2 aromatic rings. The van der Waals surface area contributed by atoms with E-state index >= 15 is 0 Å². The van der Waals surface area contributed by atoms with Gasteiger partial charge in [-0.15, -0.1) is 0 Å². The van der Waals surface area contributed by atoms with E-state index < -0.39 is 6.09 Å². The third-order valence-electron chi connectivity index (χ3n) is 4.67. The Balaban J connectivity index is 1.74. The van der Waals surface area contributed by atoms with Crippen molar-refractivity contribution in [1.82, 2.24) is 10.6 Å². The van der Waals surface area contributed by atoms with Crippen LogP contribution >= 0.6 is 11.6 Å². The molecule has 0 spiro atoms. The van der Waals surface area contributed by atoms with Gasteiger partial charge < -0.3 is 15.4 Å². The third-order valence-corrected chi connectivity index (χ3v) is 4.92. The first-order valence-corrected chi connectivity index (χ1v) is 9.82. The summed E-state index contributed by atoms with van der Waals surface area (Å²) < 4.78 is 17.8. The minimum absolute atomic E-state index is 0.0507. The van der Waals surface area contributed by atoms with Gasteiger partial charge in [-0.05, 0) is 67.8 Å². The molecule has 2 unspecified atom stereocenters. The lowest BCUT2D eigenvalue weighted by Crippen LogP contribution is -2.37. The van der Waals surface area contributed by atoms with Gasteiger partial charge in [0.15, 0.2) is 0 Å². The van der Waals surface area contributed by atoms with Gasteiger partial charge in [-0.25, -0.2) is 14.2 Å². The minimum Gasteiger partial charge on any atom is -0.453 e. The lowest BCUT2D eigenvalue weighted by Gasteiger charge is -2.15. The number of aliphatic imine (C=N–C) groups is 1. The number of benzene rings is 2. The van der Waals surface area contributed by atoms with Crippen LogP contribution in [0.3, 0.4) is 0 Å². The summed E-state index contributed by atoms with van der Waals surface area (Å²) in [7, 11) is 1.32. The number of alkyl carbamates (subject to hydrolysis) is 1. The maximum absolute atomic E-state index is 13.2. The van der Waals surface area contributed by atoms with Crippen molar-refractivity contribution < 1.29 is 18.7 Å². The van der Waals surface area contributed by atoms with Crippen LogP contribution in [-0.4, -0.2) is 37.2 Å². The molecular weight excluding hydrogens is 411 g/mol. The van der Waals surface area contributed by atoms with E-state index in [1.54, 1.807) is 36.4 Å². The number of rotatable bonds is 4. The van der Waals surface area contributed by atoms with Crippen LogP contribution in [0.2, 0.25) is 5.02 Å². The zero-order valence-corrected chi connectivity index (χ0v) is 17.1. The van der Waals surface area contributed by atoms with Crippen molar-refractivity contribution in [2.24, 2.45) is 4.99 Å². The molecule has 1 aliphatic rings. The van der Waals surface area contributed by atoms with Crippen molar-refractivity contribution >= 4 is 35.2 Å². The highest BCUT2D eigenvalue weighted by molar-refractivity contribution is 6.30. The molecule has 0 aliphatic heterocycles. The molecule has 1 fully saturated rings. The second-order valence-electron chi connectivity index (χ2n) is 6.87. The fourth-order valence-electron chi connectivity index (χ4n) is 3.16. The maximum atomic E-state index is 13.2. The minimum atomic E-state index is -0.481. The highest BCUT2D eigenvalue weighted by Gasteiger charge is 2.26. The number of carbonyl (C=O) groups excluding carboxylic acids is 2. The monoisotopic (exact) mass is 432 g/mol. The van der Waals surface area contributed by atoms with E-state index in [4.69, 9.17) is 11.6 Å². The lowest BCUT2D eigenvalue weighted by molar-refractivity contribution is 0.0976. The Hall–Kier alpha value is -3.13. The first-order valence-electron chi connectivity index (χ1n) is 9.44. The largest absolute Gasteiger partial charge is 0.453 e. The van der Waals surface area contributed by atoms with Crippen LogP contribution < -0.4 is 16.0 Å². The normalized spacial score (nSPS) is 18.6. The van der Waals surface area contributed by atoms with Crippen molar-refractivity contribution in [1.29, 1.82) is 0 Å². The van der Waals surface area contributed by atoms with E-state index in [-0.39, 0.29) is 29.8 Å². The first-order chi connectivity index (χ1) is 14.4. The Kier molecular flexibility index (Phi) is 7.24. The Morgan fingerprint density at radius 2 is 1.80 bits per heavy atom. The van der Waals surface area contributed by atoms with Crippen molar-refractivity contribution in [2.45, 2.75) is 31.3 Å². The fourth-order valence-corrected chi connectivity index (χ4v) is 3.29. The molecule has 0 bridgehead atoms. The average Bonchev–Trinajstić information content (AvgIpc) is 3.16. The van der Waals surface area contributed by atoms with Crippen molar-refractivity contribution in [2.75, 3.05) is 12.4 Å². The summed E-state index contributed by atoms with van der Waals surface area (Å²) in [5, 5.41) is 9.08. The number of methoxy groups -OCH3 is 1. The number of hydrogen-bond donors (Lipinski definition) is 3. The molecule has 3 rings (SSSR count). The van der Waals surface area contributed by atoms with Crippen LogP contribution in [0.5, 0.6) is 0 Å². The molecule has 3 N–H and O–H groups in total. The molecule has 2 atom stereocenters. The number of amides is 2. The highest BCUT2D eigenvalue weighted by atomic mass is 35.5. The topological polar surface area (TPSA) is 91.8 Å². The van der Waals surface area contributed by atoms with E-state index in [1.807, 2.05) is 0 Å². The highest BCUT2D eigenvalue weighted by Crippen LogP contribution is 2.22. The molecule has 0 heterocycles. The van der Waals surface area contributed by atoms with Gasteiger partial charge in [-0.3, -0.25) is 10.1 Å². The molecule has 30 heavy (non-hydrogen) atoms. The zero-order chi connectivity index (χ0) is 21.5. The summed E-state index contributed by atoms with van der Waals surface area (Å²) in [6, 6.07) is 12.0. The summed E-state index contributed by atoms with van der Waals surface area (Å²) in [5.41, 5.74) is 0.999. The van der Waals surface area contributed by atoms with Crippen LogP contribution in [0.15, 0.2) is 53.5 Å². The van der Waals surface area contributed by atoms with Gasteiger partial charge in [-0.1, -0.05) is 11.6 Å². The number of nitrogens with one attached hydrogen (secondary N) is 3. The van der Waals surface area contributed by atoms with Crippen LogP contribution in [0.25, 0.3) is 0 Å². The van der Waals surface area contributed by atoms with Gasteiger partial charge in [-0.2, -0.15) is 0 Å². The van der Waals surface area contributed by atoms with Gasteiger partial charge in [0.25, 0.3) is 5.91 Å². The lowest BCUT2D eigenvalue weighted by atomic mass is 10.2. The zero-order valence-electron chi connectivity index (χ0n) is 16.3. The summed E-state index contributed by atoms with van der Waals surface area (Å²) in [4.78, 5) is 28.7. The molecule has 2 amide bonds. The maximum Gasteiger partial charge on any atom is 0.407 e. The fraction of sp³-hybridized carbons (Fsp3) is 0.286. The number of nitrogens with zero attached hydrogens (tertiary/aromatic N) is 1. The Labute approximate surface area is 178 Å². The molecule has 158 valence electrons. The number of hydrogen-bond acceptors (Lipinski definition) is 4. The molecule has 9 heteroatoms.